The maximum Gasteiger partial charge on any atom is 0.135 e. The van der Waals surface area contributed by atoms with Gasteiger partial charge in [-0.3, -0.25) is 0 Å². The second kappa shape index (κ2) is 6.85. The van der Waals surface area contributed by atoms with E-state index in [4.69, 9.17) is 9.97 Å². The number of nitrogens with zero attached hydrogens (tertiary/aromatic N) is 3. The number of aromatic nitrogens is 2. The van der Waals surface area contributed by atoms with Crippen LogP contribution in [0.15, 0.2) is 24.3 Å². The molecule has 4 nitrogen and oxygen atoms in total. The molecule has 2 aliphatic rings. The van der Waals surface area contributed by atoms with Gasteiger partial charge in [0.05, 0.1) is 5.69 Å². The highest BCUT2D eigenvalue weighted by atomic mass is 19.1. The summed E-state index contributed by atoms with van der Waals surface area (Å²) in [5.41, 5.74) is 3.56. The van der Waals surface area contributed by atoms with Crippen molar-refractivity contribution in [3.63, 3.8) is 0 Å². The van der Waals surface area contributed by atoms with Crippen molar-refractivity contribution in [1.29, 1.82) is 0 Å². The van der Waals surface area contributed by atoms with Gasteiger partial charge in [0.1, 0.15) is 17.5 Å². The first-order valence-electron chi connectivity index (χ1n) is 8.88. The van der Waals surface area contributed by atoms with Crippen LogP contribution in [0.1, 0.15) is 35.5 Å². The highest BCUT2D eigenvalue weighted by Gasteiger charge is 2.22. The molecule has 0 radical (unpaired) electrons. The Kier molecular flexibility index (Phi) is 4.43. The van der Waals surface area contributed by atoms with Gasteiger partial charge in [-0.25, -0.2) is 14.4 Å². The van der Waals surface area contributed by atoms with E-state index in [9.17, 15) is 4.39 Å². The summed E-state index contributed by atoms with van der Waals surface area (Å²) in [7, 11) is 0. The van der Waals surface area contributed by atoms with E-state index < -0.39 is 0 Å². The molecule has 24 heavy (non-hydrogen) atoms. The minimum absolute atomic E-state index is 0.203. The smallest absolute Gasteiger partial charge is 0.135 e. The Morgan fingerprint density at radius 2 is 1.75 bits per heavy atom. The zero-order chi connectivity index (χ0) is 16.4. The fourth-order valence-corrected chi connectivity index (χ4v) is 3.63. The second-order valence-electron chi connectivity index (χ2n) is 6.64. The first kappa shape index (κ1) is 15.5. The van der Waals surface area contributed by atoms with Crippen LogP contribution in [0.4, 0.5) is 10.2 Å². The molecule has 2 aliphatic heterocycles. The minimum Gasteiger partial charge on any atom is -0.356 e. The van der Waals surface area contributed by atoms with Crippen LogP contribution in [0, 0.1) is 5.82 Å². The zero-order valence-corrected chi connectivity index (χ0v) is 13.9. The number of nitrogens with one attached hydrogen (secondary N) is 1. The number of halogens is 1. The SMILES string of the molecule is Fc1ccc(Cc2nc3c(c(N4CCCC4)n2)CCNCC3)cc1. The van der Waals surface area contributed by atoms with E-state index in [1.807, 2.05) is 12.1 Å². The largest absolute Gasteiger partial charge is 0.356 e. The third-order valence-corrected chi connectivity index (χ3v) is 4.89. The molecule has 3 heterocycles. The van der Waals surface area contributed by atoms with Crippen LogP contribution in [0.5, 0.6) is 0 Å². The van der Waals surface area contributed by atoms with Crippen molar-refractivity contribution in [3.05, 3.63) is 52.7 Å². The van der Waals surface area contributed by atoms with Crippen LogP contribution in [0.2, 0.25) is 0 Å². The molecule has 0 unspecified atom stereocenters. The van der Waals surface area contributed by atoms with Crippen molar-refractivity contribution in [1.82, 2.24) is 15.3 Å². The van der Waals surface area contributed by atoms with E-state index in [2.05, 4.69) is 10.2 Å². The molecule has 5 heteroatoms. The van der Waals surface area contributed by atoms with Gasteiger partial charge in [0.15, 0.2) is 0 Å². The summed E-state index contributed by atoms with van der Waals surface area (Å²) in [5, 5.41) is 3.46. The molecular weight excluding hydrogens is 303 g/mol. The summed E-state index contributed by atoms with van der Waals surface area (Å²) in [6.07, 6.45) is 5.09. The number of fused-ring (bicyclic) bond motifs is 1. The molecule has 0 atom stereocenters. The second-order valence-corrected chi connectivity index (χ2v) is 6.64. The predicted octanol–water partition coefficient (Wildman–Crippen LogP) is 2.49. The quantitative estimate of drug-likeness (QED) is 0.941. The molecule has 1 aromatic heterocycles. The molecule has 4 rings (SSSR count). The molecule has 0 bridgehead atoms. The molecule has 1 N–H and O–H groups in total. The Morgan fingerprint density at radius 1 is 1.00 bits per heavy atom. The van der Waals surface area contributed by atoms with Crippen molar-refractivity contribution >= 4 is 5.82 Å². The summed E-state index contributed by atoms with van der Waals surface area (Å²) >= 11 is 0. The lowest BCUT2D eigenvalue weighted by atomic mass is 10.1. The van der Waals surface area contributed by atoms with Crippen LogP contribution in [0.25, 0.3) is 0 Å². The maximum atomic E-state index is 13.1. The molecule has 1 fully saturated rings. The van der Waals surface area contributed by atoms with Gasteiger partial charge in [0, 0.05) is 38.0 Å². The Balaban J connectivity index is 1.70. The zero-order valence-electron chi connectivity index (χ0n) is 13.9. The fourth-order valence-electron chi connectivity index (χ4n) is 3.63. The lowest BCUT2D eigenvalue weighted by Crippen LogP contribution is -2.23. The number of hydrogen-bond acceptors (Lipinski definition) is 4. The van der Waals surface area contributed by atoms with E-state index in [1.54, 1.807) is 0 Å². The average Bonchev–Trinajstić information content (AvgIpc) is 3.02. The summed E-state index contributed by atoms with van der Waals surface area (Å²) < 4.78 is 13.1. The predicted molar refractivity (Wildman–Crippen MR) is 93.0 cm³/mol. The van der Waals surface area contributed by atoms with Crippen molar-refractivity contribution in [3.8, 4) is 0 Å². The van der Waals surface area contributed by atoms with E-state index >= 15 is 0 Å². The lowest BCUT2D eigenvalue weighted by Gasteiger charge is -2.22. The molecule has 2 aromatic rings. The number of rotatable bonds is 3. The van der Waals surface area contributed by atoms with E-state index in [0.29, 0.717) is 6.42 Å². The van der Waals surface area contributed by atoms with Crippen LogP contribution in [0.3, 0.4) is 0 Å². The van der Waals surface area contributed by atoms with Gasteiger partial charge in [-0.15, -0.1) is 0 Å². The first-order valence-corrected chi connectivity index (χ1v) is 8.88. The van der Waals surface area contributed by atoms with E-state index in [1.165, 1.54) is 36.2 Å². The first-order chi connectivity index (χ1) is 11.8. The summed E-state index contributed by atoms with van der Waals surface area (Å²) in [6, 6.07) is 6.65. The summed E-state index contributed by atoms with van der Waals surface area (Å²) in [5.74, 6) is 1.79. The Bertz CT molecular complexity index is 708. The Morgan fingerprint density at radius 3 is 2.54 bits per heavy atom. The molecule has 0 amide bonds. The highest BCUT2D eigenvalue weighted by Crippen LogP contribution is 2.27. The van der Waals surface area contributed by atoms with Crippen LogP contribution >= 0.6 is 0 Å². The summed E-state index contributed by atoms with van der Waals surface area (Å²) in [4.78, 5) is 12.2. The monoisotopic (exact) mass is 326 g/mol. The third-order valence-electron chi connectivity index (χ3n) is 4.89. The molecule has 1 aromatic carbocycles. The average molecular weight is 326 g/mol. The van der Waals surface area contributed by atoms with E-state index in [-0.39, 0.29) is 5.82 Å². The number of benzene rings is 1. The Labute approximate surface area is 142 Å². The fraction of sp³-hybridized carbons (Fsp3) is 0.474. The van der Waals surface area contributed by atoms with Crippen molar-refractivity contribution in [2.75, 3.05) is 31.1 Å². The molecule has 0 saturated carbocycles. The highest BCUT2D eigenvalue weighted by molar-refractivity contribution is 5.51. The summed E-state index contributed by atoms with van der Waals surface area (Å²) in [6.45, 7) is 4.15. The molecule has 0 spiro atoms. The van der Waals surface area contributed by atoms with E-state index in [0.717, 1.165) is 56.2 Å². The lowest BCUT2D eigenvalue weighted by molar-refractivity contribution is 0.627. The van der Waals surface area contributed by atoms with Gasteiger partial charge in [0.25, 0.3) is 0 Å². The van der Waals surface area contributed by atoms with Crippen LogP contribution in [-0.2, 0) is 19.3 Å². The standard InChI is InChI=1S/C19H23FN4/c20-15-5-3-14(4-6-15)13-18-22-17-8-10-21-9-7-16(17)19(23-18)24-11-1-2-12-24/h3-6,21H,1-2,7-13H2. The van der Waals surface area contributed by atoms with Crippen LogP contribution < -0.4 is 10.2 Å². The van der Waals surface area contributed by atoms with Crippen molar-refractivity contribution in [2.24, 2.45) is 0 Å². The van der Waals surface area contributed by atoms with Gasteiger partial charge < -0.3 is 10.2 Å². The number of hydrogen-bond donors (Lipinski definition) is 1. The molecule has 126 valence electrons. The topological polar surface area (TPSA) is 41.1 Å². The van der Waals surface area contributed by atoms with Crippen molar-refractivity contribution < 1.29 is 4.39 Å². The third kappa shape index (κ3) is 3.26. The van der Waals surface area contributed by atoms with Gasteiger partial charge in [-0.05, 0) is 43.5 Å². The minimum atomic E-state index is -0.203. The van der Waals surface area contributed by atoms with Gasteiger partial charge in [-0.1, -0.05) is 12.1 Å². The van der Waals surface area contributed by atoms with Gasteiger partial charge >= 0.3 is 0 Å². The molecule has 0 aliphatic carbocycles. The normalized spacial score (nSPS) is 17.6. The molecule has 1 saturated heterocycles. The molecular formula is C19H23FN4. The maximum absolute atomic E-state index is 13.1. The number of anilines is 1. The van der Waals surface area contributed by atoms with Gasteiger partial charge in [0.2, 0.25) is 0 Å². The van der Waals surface area contributed by atoms with Crippen molar-refractivity contribution in [2.45, 2.75) is 32.1 Å². The van der Waals surface area contributed by atoms with Gasteiger partial charge in [-0.2, -0.15) is 0 Å². The Hall–Kier alpha value is -2.01. The van der Waals surface area contributed by atoms with Crippen LogP contribution in [-0.4, -0.2) is 36.1 Å².